The van der Waals surface area contributed by atoms with Gasteiger partial charge >= 0.3 is 0 Å². The van der Waals surface area contributed by atoms with Crippen LogP contribution >= 0.6 is 15.9 Å². The number of methoxy groups -OCH3 is 1. The van der Waals surface area contributed by atoms with E-state index >= 15 is 0 Å². The third-order valence-corrected chi connectivity index (χ3v) is 6.88. The van der Waals surface area contributed by atoms with Gasteiger partial charge in [-0.15, -0.1) is 0 Å². The largest absolute Gasteiger partial charge is 0.497 e. The van der Waals surface area contributed by atoms with Gasteiger partial charge in [-0.1, -0.05) is 29.8 Å². The number of hydrogen-bond acceptors (Lipinski definition) is 5. The summed E-state index contributed by atoms with van der Waals surface area (Å²) in [4.78, 5) is 13.1. The highest BCUT2D eigenvalue weighted by Gasteiger charge is 2.31. The molecule has 1 unspecified atom stereocenters. The molecule has 162 valence electrons. The minimum Gasteiger partial charge on any atom is -0.497 e. The molecule has 0 spiro atoms. The van der Waals surface area contributed by atoms with Gasteiger partial charge in [0, 0.05) is 16.5 Å². The molecular formula is C21H25BrN2O5S. The van der Waals surface area contributed by atoms with Crippen molar-refractivity contribution in [1.29, 1.82) is 0 Å². The first-order chi connectivity index (χ1) is 14.2. The van der Waals surface area contributed by atoms with Crippen LogP contribution in [0, 0.1) is 5.92 Å². The summed E-state index contributed by atoms with van der Waals surface area (Å²) < 4.78 is 39.8. The second-order valence-electron chi connectivity index (χ2n) is 7.40. The highest BCUT2D eigenvalue weighted by molar-refractivity contribution is 9.10. The molecule has 0 aromatic heterocycles. The maximum Gasteiger partial charge on any atom is 0.241 e. The number of nitrogens with one attached hydrogen (secondary N) is 2. The van der Waals surface area contributed by atoms with E-state index in [0.717, 1.165) is 15.8 Å². The van der Waals surface area contributed by atoms with Gasteiger partial charge in [0.15, 0.2) is 0 Å². The van der Waals surface area contributed by atoms with Crippen LogP contribution in [0.25, 0.3) is 0 Å². The summed E-state index contributed by atoms with van der Waals surface area (Å²) in [6.07, 6.45) is 0.602. The van der Waals surface area contributed by atoms with E-state index in [2.05, 4.69) is 26.0 Å². The Bertz CT molecular complexity index is 1010. The van der Waals surface area contributed by atoms with Crippen molar-refractivity contribution in [2.45, 2.75) is 37.2 Å². The molecule has 2 N–H and O–H groups in total. The summed E-state index contributed by atoms with van der Waals surface area (Å²) in [6.45, 7) is 4.08. The summed E-state index contributed by atoms with van der Waals surface area (Å²) in [5, 5.41) is 2.99. The minimum absolute atomic E-state index is 0.0714. The van der Waals surface area contributed by atoms with Crippen molar-refractivity contribution >= 4 is 31.9 Å². The van der Waals surface area contributed by atoms with Crippen LogP contribution in [0.4, 0.5) is 0 Å². The maximum atomic E-state index is 13.0. The Morgan fingerprint density at radius 2 is 1.90 bits per heavy atom. The average Bonchev–Trinajstić information content (AvgIpc) is 2.72. The molecule has 7 nitrogen and oxygen atoms in total. The van der Waals surface area contributed by atoms with Crippen LogP contribution in [0.1, 0.15) is 31.9 Å². The molecule has 2 atom stereocenters. The van der Waals surface area contributed by atoms with Crippen molar-refractivity contribution in [1.82, 2.24) is 10.0 Å². The van der Waals surface area contributed by atoms with Crippen LogP contribution in [-0.2, 0) is 14.8 Å². The van der Waals surface area contributed by atoms with E-state index in [1.54, 1.807) is 26.0 Å². The predicted octanol–water partition coefficient (Wildman–Crippen LogP) is 3.40. The fraction of sp³-hybridized carbons (Fsp3) is 0.381. The van der Waals surface area contributed by atoms with E-state index in [-0.39, 0.29) is 22.8 Å². The number of fused-ring (bicyclic) bond motifs is 1. The third kappa shape index (κ3) is 5.14. The minimum atomic E-state index is -3.88. The normalized spacial score (nSPS) is 17.0. The van der Waals surface area contributed by atoms with Gasteiger partial charge in [-0.3, -0.25) is 4.79 Å². The standard InChI is InChI=1S/C21H25BrN2O5S/c1-13(2)20(24-30(26,27)16-7-5-15(28-3)6-8-16)21(25)23-18-10-11-29-19-9-4-14(22)12-17(18)19/h4-9,12-13,18,20,24H,10-11H2,1-3H3,(H,23,25)/t18?,20-/m0/s1. The molecule has 1 amide bonds. The zero-order valence-electron chi connectivity index (χ0n) is 17.0. The Hall–Kier alpha value is -2.10. The topological polar surface area (TPSA) is 93.7 Å². The Kier molecular flexibility index (Phi) is 7.05. The van der Waals surface area contributed by atoms with Crippen LogP contribution in [0.5, 0.6) is 11.5 Å². The molecule has 0 aliphatic carbocycles. The first kappa shape index (κ1) is 22.6. The molecule has 30 heavy (non-hydrogen) atoms. The molecule has 1 aliphatic heterocycles. The van der Waals surface area contributed by atoms with Crippen LogP contribution < -0.4 is 19.5 Å². The quantitative estimate of drug-likeness (QED) is 0.612. The van der Waals surface area contributed by atoms with Crippen LogP contribution in [0.3, 0.4) is 0 Å². The molecule has 0 bridgehead atoms. The van der Waals surface area contributed by atoms with Crippen LogP contribution in [0.2, 0.25) is 0 Å². The molecular weight excluding hydrogens is 472 g/mol. The predicted molar refractivity (Wildman–Crippen MR) is 117 cm³/mol. The monoisotopic (exact) mass is 496 g/mol. The van der Waals surface area contributed by atoms with E-state index in [0.29, 0.717) is 18.8 Å². The molecule has 2 aromatic carbocycles. The van der Waals surface area contributed by atoms with Crippen molar-refractivity contribution in [2.24, 2.45) is 5.92 Å². The number of benzene rings is 2. The molecule has 1 heterocycles. The van der Waals surface area contributed by atoms with Gasteiger partial charge in [0.2, 0.25) is 15.9 Å². The number of halogens is 1. The number of hydrogen-bond donors (Lipinski definition) is 2. The van der Waals surface area contributed by atoms with E-state index < -0.39 is 16.1 Å². The smallest absolute Gasteiger partial charge is 0.241 e. The lowest BCUT2D eigenvalue weighted by molar-refractivity contribution is -0.124. The fourth-order valence-corrected chi connectivity index (χ4v) is 4.98. The molecule has 2 aromatic rings. The Morgan fingerprint density at radius 1 is 1.20 bits per heavy atom. The van der Waals surface area contributed by atoms with E-state index in [9.17, 15) is 13.2 Å². The maximum absolute atomic E-state index is 13.0. The van der Waals surface area contributed by atoms with Gasteiger partial charge in [-0.05, 0) is 48.4 Å². The van der Waals surface area contributed by atoms with Gasteiger partial charge in [0.1, 0.15) is 17.5 Å². The van der Waals surface area contributed by atoms with Gasteiger partial charge in [0.25, 0.3) is 0 Å². The lowest BCUT2D eigenvalue weighted by atomic mass is 9.98. The molecule has 1 aliphatic rings. The highest BCUT2D eigenvalue weighted by Crippen LogP contribution is 2.34. The van der Waals surface area contributed by atoms with Crippen LogP contribution in [0.15, 0.2) is 51.8 Å². The van der Waals surface area contributed by atoms with Gasteiger partial charge < -0.3 is 14.8 Å². The molecule has 0 saturated heterocycles. The summed E-state index contributed by atoms with van der Waals surface area (Å²) in [6, 6.07) is 10.5. The van der Waals surface area contributed by atoms with E-state index in [1.807, 2.05) is 18.2 Å². The Balaban J connectivity index is 1.78. The van der Waals surface area contributed by atoms with Crippen molar-refractivity contribution in [2.75, 3.05) is 13.7 Å². The average molecular weight is 497 g/mol. The third-order valence-electron chi connectivity index (χ3n) is 4.93. The summed E-state index contributed by atoms with van der Waals surface area (Å²) in [5.41, 5.74) is 0.865. The summed E-state index contributed by atoms with van der Waals surface area (Å²) in [5.74, 6) is 0.644. The summed E-state index contributed by atoms with van der Waals surface area (Å²) in [7, 11) is -2.37. The van der Waals surface area contributed by atoms with Crippen molar-refractivity contribution in [3.63, 3.8) is 0 Å². The molecule has 9 heteroatoms. The lowest BCUT2D eigenvalue weighted by Gasteiger charge is -2.29. The zero-order chi connectivity index (χ0) is 21.9. The van der Waals surface area contributed by atoms with Gasteiger partial charge in [-0.25, -0.2) is 8.42 Å². The zero-order valence-corrected chi connectivity index (χ0v) is 19.4. The number of sulfonamides is 1. The number of amides is 1. The summed E-state index contributed by atoms with van der Waals surface area (Å²) >= 11 is 3.44. The Morgan fingerprint density at radius 3 is 2.53 bits per heavy atom. The second-order valence-corrected chi connectivity index (χ2v) is 10.0. The van der Waals surface area contributed by atoms with E-state index in [1.165, 1.54) is 19.2 Å². The van der Waals surface area contributed by atoms with Gasteiger partial charge in [0.05, 0.1) is 24.7 Å². The highest BCUT2D eigenvalue weighted by atomic mass is 79.9. The number of rotatable bonds is 7. The van der Waals surface area contributed by atoms with Crippen LogP contribution in [-0.4, -0.2) is 34.1 Å². The fourth-order valence-electron chi connectivity index (χ4n) is 3.26. The van der Waals surface area contributed by atoms with E-state index in [4.69, 9.17) is 9.47 Å². The molecule has 0 fully saturated rings. The van der Waals surface area contributed by atoms with Crippen molar-refractivity contribution in [3.05, 3.63) is 52.5 Å². The lowest BCUT2D eigenvalue weighted by Crippen LogP contribution is -2.50. The van der Waals surface area contributed by atoms with Crippen molar-refractivity contribution < 1.29 is 22.7 Å². The number of carbonyl (C=O) groups is 1. The number of carbonyl (C=O) groups excluding carboxylic acids is 1. The molecule has 0 radical (unpaired) electrons. The number of ether oxygens (including phenoxy) is 2. The first-order valence-electron chi connectivity index (χ1n) is 9.60. The first-order valence-corrected chi connectivity index (χ1v) is 11.9. The second kappa shape index (κ2) is 9.36. The van der Waals surface area contributed by atoms with Gasteiger partial charge in [-0.2, -0.15) is 4.72 Å². The Labute approximate surface area is 185 Å². The molecule has 3 rings (SSSR count). The molecule has 0 saturated carbocycles. The van der Waals surface area contributed by atoms with Crippen molar-refractivity contribution in [3.8, 4) is 11.5 Å². The SMILES string of the molecule is COc1ccc(S(=O)(=O)N[C@H](C(=O)NC2CCOc3ccc(Br)cc32)C(C)C)cc1.